The monoisotopic (exact) mass is 305 g/mol. The van der Waals surface area contributed by atoms with Gasteiger partial charge in [-0.25, -0.2) is 4.90 Å². The van der Waals surface area contributed by atoms with E-state index in [2.05, 4.69) is 10.2 Å². The van der Waals surface area contributed by atoms with Crippen LogP contribution in [0.5, 0.6) is 0 Å². The molecule has 3 rings (SSSR count). The average molecular weight is 306 g/mol. The first-order valence-corrected chi connectivity index (χ1v) is 6.45. The second-order valence-corrected chi connectivity index (χ2v) is 4.84. The lowest BCUT2D eigenvalue weighted by Gasteiger charge is -2.20. The summed E-state index contributed by atoms with van der Waals surface area (Å²) < 4.78 is 0. The number of anilines is 1. The van der Waals surface area contributed by atoms with E-state index in [4.69, 9.17) is 11.1 Å². The van der Waals surface area contributed by atoms with Gasteiger partial charge in [-0.3, -0.25) is 15.3 Å². The predicted octanol–water partition coefficient (Wildman–Crippen LogP) is 2.25. The van der Waals surface area contributed by atoms with Gasteiger partial charge in [-0.05, 0) is 30.9 Å². The molecule has 6 nitrogen and oxygen atoms in total. The number of amides is 1. The van der Waals surface area contributed by atoms with E-state index in [1.165, 1.54) is 4.90 Å². The van der Waals surface area contributed by atoms with Crippen molar-refractivity contribution in [3.63, 3.8) is 0 Å². The van der Waals surface area contributed by atoms with Crippen molar-refractivity contribution in [3.05, 3.63) is 47.8 Å². The van der Waals surface area contributed by atoms with Crippen molar-refractivity contribution in [1.82, 2.24) is 10.2 Å². The highest BCUT2D eigenvalue weighted by atomic mass is 35.5. The molecule has 1 fully saturated rings. The molecule has 0 spiro atoms. The number of guanidine groups is 1. The molecule has 0 unspecified atom stereocenters. The summed E-state index contributed by atoms with van der Waals surface area (Å²) in [6.45, 7) is 0. The highest BCUT2D eigenvalue weighted by Crippen LogP contribution is 2.41. The fraction of sp³-hybridized carbons (Fsp3) is 0.214. The number of H-pyrrole nitrogens is 1. The molecule has 21 heavy (non-hydrogen) atoms. The number of hydrogen-bond donors (Lipinski definition) is 3. The average Bonchev–Trinajstić information content (AvgIpc) is 3.17. The van der Waals surface area contributed by atoms with Crippen molar-refractivity contribution in [1.29, 1.82) is 5.41 Å². The normalized spacial score (nSPS) is 13.3. The van der Waals surface area contributed by atoms with Crippen LogP contribution >= 0.6 is 12.4 Å². The third-order valence-electron chi connectivity index (χ3n) is 3.36. The zero-order valence-corrected chi connectivity index (χ0v) is 12.1. The third kappa shape index (κ3) is 2.90. The molecule has 1 aromatic heterocycles. The number of halogens is 1. The zero-order chi connectivity index (χ0) is 14.1. The molecule has 2 aromatic rings. The van der Waals surface area contributed by atoms with Gasteiger partial charge in [-0.15, -0.1) is 12.4 Å². The van der Waals surface area contributed by atoms with E-state index in [9.17, 15) is 4.79 Å². The van der Waals surface area contributed by atoms with Crippen LogP contribution in [0.3, 0.4) is 0 Å². The molecule has 1 aliphatic carbocycles. The minimum atomic E-state index is -0.344. The Morgan fingerprint density at radius 3 is 2.57 bits per heavy atom. The van der Waals surface area contributed by atoms with E-state index in [0.29, 0.717) is 17.3 Å². The minimum absolute atomic E-state index is 0. The third-order valence-corrected chi connectivity index (χ3v) is 3.36. The van der Waals surface area contributed by atoms with Crippen LogP contribution in [0.1, 0.15) is 34.8 Å². The number of benzene rings is 1. The highest BCUT2D eigenvalue weighted by Gasteiger charge is 2.32. The molecule has 7 heteroatoms. The molecule has 0 radical (unpaired) electrons. The van der Waals surface area contributed by atoms with Crippen molar-refractivity contribution in [2.24, 2.45) is 5.73 Å². The fourth-order valence-electron chi connectivity index (χ4n) is 2.23. The number of aromatic amines is 1. The highest BCUT2D eigenvalue weighted by molar-refractivity contribution is 6.20. The fourth-order valence-corrected chi connectivity index (χ4v) is 2.23. The Hall–Kier alpha value is -2.34. The molecule has 4 N–H and O–H groups in total. The van der Waals surface area contributed by atoms with Crippen molar-refractivity contribution in [3.8, 4) is 0 Å². The van der Waals surface area contributed by atoms with E-state index in [1.54, 1.807) is 30.5 Å². The van der Waals surface area contributed by atoms with Gasteiger partial charge in [0.1, 0.15) is 5.69 Å². The summed E-state index contributed by atoms with van der Waals surface area (Å²) in [5.74, 6) is -0.252. The van der Waals surface area contributed by atoms with Crippen molar-refractivity contribution in [2.75, 3.05) is 4.90 Å². The van der Waals surface area contributed by atoms with E-state index in [0.717, 1.165) is 18.4 Å². The number of para-hydroxylation sites is 1. The summed E-state index contributed by atoms with van der Waals surface area (Å²) in [5, 5.41) is 14.4. The second-order valence-electron chi connectivity index (χ2n) is 4.84. The lowest BCUT2D eigenvalue weighted by Crippen LogP contribution is -2.42. The smallest absolute Gasteiger partial charge is 0.283 e. The Morgan fingerprint density at radius 2 is 2.00 bits per heavy atom. The van der Waals surface area contributed by atoms with Crippen LogP contribution in [-0.4, -0.2) is 22.1 Å². The van der Waals surface area contributed by atoms with Crippen LogP contribution in [-0.2, 0) is 0 Å². The Labute approximate surface area is 128 Å². The van der Waals surface area contributed by atoms with Crippen LogP contribution in [0.4, 0.5) is 5.69 Å². The van der Waals surface area contributed by atoms with Gasteiger partial charge in [0.25, 0.3) is 5.91 Å². The number of rotatable bonds is 3. The summed E-state index contributed by atoms with van der Waals surface area (Å²) in [6, 6.07) is 8.93. The molecule has 1 aromatic carbocycles. The van der Waals surface area contributed by atoms with Crippen LogP contribution < -0.4 is 10.6 Å². The number of nitrogens with two attached hydrogens (primary N) is 1. The Bertz CT molecular complexity index is 650. The maximum atomic E-state index is 12.6. The van der Waals surface area contributed by atoms with Gasteiger partial charge in [0.05, 0.1) is 11.9 Å². The van der Waals surface area contributed by atoms with Gasteiger partial charge < -0.3 is 5.73 Å². The van der Waals surface area contributed by atoms with Crippen molar-refractivity contribution < 1.29 is 4.79 Å². The van der Waals surface area contributed by atoms with E-state index < -0.39 is 0 Å². The van der Waals surface area contributed by atoms with E-state index >= 15 is 0 Å². The number of aromatic nitrogens is 2. The number of carbonyl (C=O) groups excluding carboxylic acids is 1. The SMILES string of the molecule is Cl.N=C(N)N(C(=O)c1[nH]ncc1C1CC1)c1ccccc1. The topological polar surface area (TPSA) is 98.9 Å². The second kappa shape index (κ2) is 5.97. The number of nitrogens with one attached hydrogen (secondary N) is 2. The molecule has 0 bridgehead atoms. The number of hydrogen-bond acceptors (Lipinski definition) is 3. The Balaban J connectivity index is 0.00000161. The quantitative estimate of drug-likeness (QED) is 0.599. The summed E-state index contributed by atoms with van der Waals surface area (Å²) in [7, 11) is 0. The maximum Gasteiger partial charge on any atom is 0.283 e. The van der Waals surface area contributed by atoms with Gasteiger partial charge in [0.15, 0.2) is 5.96 Å². The van der Waals surface area contributed by atoms with E-state index in [1.807, 2.05) is 6.07 Å². The lowest BCUT2D eigenvalue weighted by atomic mass is 10.1. The lowest BCUT2D eigenvalue weighted by molar-refractivity contribution is 0.0996. The molecule has 0 saturated heterocycles. The van der Waals surface area contributed by atoms with Gasteiger partial charge in [0, 0.05) is 5.56 Å². The molecule has 1 saturated carbocycles. The first-order valence-electron chi connectivity index (χ1n) is 6.45. The van der Waals surface area contributed by atoms with E-state index in [-0.39, 0.29) is 24.3 Å². The molecule has 1 amide bonds. The Kier molecular flexibility index (Phi) is 4.28. The molecular weight excluding hydrogens is 290 g/mol. The van der Waals surface area contributed by atoms with Crippen molar-refractivity contribution in [2.45, 2.75) is 18.8 Å². The summed E-state index contributed by atoms with van der Waals surface area (Å²) in [5.41, 5.74) is 7.48. The largest absolute Gasteiger partial charge is 0.369 e. The maximum absolute atomic E-state index is 12.6. The van der Waals surface area contributed by atoms with Gasteiger partial charge in [0.2, 0.25) is 0 Å². The Morgan fingerprint density at radius 1 is 1.33 bits per heavy atom. The first kappa shape index (κ1) is 15.1. The van der Waals surface area contributed by atoms with Gasteiger partial charge in [-0.2, -0.15) is 5.10 Å². The molecule has 1 heterocycles. The number of nitrogens with zero attached hydrogens (tertiary/aromatic N) is 2. The molecule has 1 aliphatic rings. The number of carbonyl (C=O) groups is 1. The predicted molar refractivity (Wildman–Crippen MR) is 83.0 cm³/mol. The van der Waals surface area contributed by atoms with Gasteiger partial charge in [-0.1, -0.05) is 18.2 Å². The summed E-state index contributed by atoms with van der Waals surface area (Å²) >= 11 is 0. The summed E-state index contributed by atoms with van der Waals surface area (Å²) in [4.78, 5) is 13.8. The van der Waals surface area contributed by atoms with Crippen LogP contribution in [0, 0.1) is 5.41 Å². The zero-order valence-electron chi connectivity index (χ0n) is 11.2. The molecule has 0 aliphatic heterocycles. The molecule has 110 valence electrons. The standard InChI is InChI=1S/C14H15N5O.ClH/c15-14(16)19(10-4-2-1-3-5-10)13(20)12-11(8-17-18-12)9-6-7-9;/h1-5,8-9H,6-7H2,(H3,15,16)(H,17,18);1H. The molecular formula is C14H16ClN5O. The molecule has 0 atom stereocenters. The van der Waals surface area contributed by atoms with Gasteiger partial charge >= 0.3 is 0 Å². The first-order chi connectivity index (χ1) is 9.68. The summed E-state index contributed by atoms with van der Waals surface area (Å²) in [6.07, 6.45) is 3.84. The van der Waals surface area contributed by atoms with Crippen molar-refractivity contribution >= 4 is 30.0 Å². The van der Waals surface area contributed by atoms with Crippen LogP contribution in [0.15, 0.2) is 36.5 Å². The van der Waals surface area contributed by atoms with Crippen LogP contribution in [0.25, 0.3) is 0 Å². The minimum Gasteiger partial charge on any atom is -0.369 e. The van der Waals surface area contributed by atoms with Crippen LogP contribution in [0.2, 0.25) is 0 Å².